The Balaban J connectivity index is 2.83. The van der Waals surface area contributed by atoms with Crippen molar-refractivity contribution >= 4 is 33.8 Å². The van der Waals surface area contributed by atoms with Crippen molar-refractivity contribution in [2.24, 2.45) is 0 Å². The number of fused-ring (bicyclic) bond motifs is 1. The van der Waals surface area contributed by atoms with E-state index in [4.69, 9.17) is 0 Å². The first-order valence-corrected chi connectivity index (χ1v) is 4.16. The molecule has 0 aliphatic rings. The van der Waals surface area contributed by atoms with E-state index in [2.05, 4.69) is 37.5 Å². The second-order valence-corrected chi connectivity index (χ2v) is 3.30. The highest BCUT2D eigenvalue weighted by Crippen LogP contribution is 2.08. The summed E-state index contributed by atoms with van der Waals surface area (Å²) in [5, 5.41) is 0. The lowest BCUT2D eigenvalue weighted by molar-refractivity contribution is 1.22. The lowest BCUT2D eigenvalue weighted by Gasteiger charge is -1.93. The fourth-order valence-corrected chi connectivity index (χ4v) is 1.27. The molecule has 0 unspecified atom stereocenters. The van der Waals surface area contributed by atoms with Crippen LogP contribution in [0.3, 0.4) is 0 Å². The van der Waals surface area contributed by atoms with Gasteiger partial charge in [-0.2, -0.15) is 0 Å². The van der Waals surface area contributed by atoms with Crippen molar-refractivity contribution in [1.29, 1.82) is 0 Å². The molecule has 0 aromatic carbocycles. The Bertz CT molecular complexity index is 388. The van der Waals surface area contributed by atoms with Crippen LogP contribution in [-0.4, -0.2) is 15.0 Å². The molecule has 0 saturated carbocycles. The smallest absolute Gasteiger partial charge is 0.178 e. The third-order valence-corrected chi connectivity index (χ3v) is 1.88. The van der Waals surface area contributed by atoms with Gasteiger partial charge >= 0.3 is 0 Å². The molecular weight excluding hydrogens is 253 g/mol. The normalized spacial score (nSPS) is 10.3. The average molecular weight is 257 g/mol. The van der Waals surface area contributed by atoms with E-state index in [1.165, 1.54) is 0 Å². The van der Waals surface area contributed by atoms with Gasteiger partial charge < -0.3 is 0 Å². The van der Waals surface area contributed by atoms with Crippen molar-refractivity contribution in [2.45, 2.75) is 0 Å². The van der Waals surface area contributed by atoms with Gasteiger partial charge in [0.2, 0.25) is 0 Å². The van der Waals surface area contributed by atoms with Crippen molar-refractivity contribution < 1.29 is 0 Å². The van der Waals surface area contributed by atoms with Crippen LogP contribution in [0.4, 0.5) is 0 Å². The number of nitrogens with zero attached hydrogens (tertiary/aromatic N) is 3. The van der Waals surface area contributed by atoms with Gasteiger partial charge in [0.25, 0.3) is 0 Å². The molecule has 0 saturated heterocycles. The number of halogens is 1. The van der Waals surface area contributed by atoms with Gasteiger partial charge in [-0.15, -0.1) is 0 Å². The van der Waals surface area contributed by atoms with Crippen LogP contribution in [0.25, 0.3) is 11.2 Å². The van der Waals surface area contributed by atoms with Gasteiger partial charge in [0.05, 0.1) is 0 Å². The SMILES string of the molecule is Ic1cnc2nccnc2c1. The lowest BCUT2D eigenvalue weighted by Crippen LogP contribution is -1.86. The van der Waals surface area contributed by atoms with E-state index < -0.39 is 0 Å². The Kier molecular flexibility index (Phi) is 1.69. The van der Waals surface area contributed by atoms with Crippen molar-refractivity contribution in [2.75, 3.05) is 0 Å². The standard InChI is InChI=1S/C7H4IN3/c8-5-3-6-7(11-4-5)10-2-1-9-6/h1-4H. The highest BCUT2D eigenvalue weighted by molar-refractivity contribution is 14.1. The molecule has 54 valence electrons. The molecule has 2 rings (SSSR count). The summed E-state index contributed by atoms with van der Waals surface area (Å²) in [6, 6.07) is 1.95. The van der Waals surface area contributed by atoms with Gasteiger partial charge in [-0.05, 0) is 28.7 Å². The van der Waals surface area contributed by atoms with Crippen molar-refractivity contribution in [3.8, 4) is 0 Å². The zero-order valence-electron chi connectivity index (χ0n) is 5.53. The highest BCUT2D eigenvalue weighted by Gasteiger charge is 1.94. The molecule has 0 radical (unpaired) electrons. The molecule has 2 heterocycles. The molecule has 0 aliphatic carbocycles. The first-order chi connectivity index (χ1) is 5.36. The highest BCUT2D eigenvalue weighted by atomic mass is 127. The van der Waals surface area contributed by atoms with Crippen LogP contribution < -0.4 is 0 Å². The predicted molar refractivity (Wildman–Crippen MR) is 50.1 cm³/mol. The predicted octanol–water partition coefficient (Wildman–Crippen LogP) is 1.63. The maximum Gasteiger partial charge on any atom is 0.178 e. The Labute approximate surface area is 77.0 Å². The van der Waals surface area contributed by atoms with E-state index in [0.29, 0.717) is 5.65 Å². The average Bonchev–Trinajstić information content (AvgIpc) is 2.04. The van der Waals surface area contributed by atoms with Crippen LogP contribution >= 0.6 is 22.6 Å². The van der Waals surface area contributed by atoms with Crippen molar-refractivity contribution in [1.82, 2.24) is 15.0 Å². The topological polar surface area (TPSA) is 38.7 Å². The Morgan fingerprint density at radius 1 is 1.09 bits per heavy atom. The first kappa shape index (κ1) is 6.90. The number of hydrogen-bond acceptors (Lipinski definition) is 3. The lowest BCUT2D eigenvalue weighted by atomic mass is 10.4. The zero-order chi connectivity index (χ0) is 7.68. The molecule has 2 aromatic heterocycles. The van der Waals surface area contributed by atoms with E-state index in [1.54, 1.807) is 18.6 Å². The molecule has 3 nitrogen and oxygen atoms in total. The molecule has 0 fully saturated rings. The summed E-state index contributed by atoms with van der Waals surface area (Å²) in [5.41, 5.74) is 1.55. The van der Waals surface area contributed by atoms with E-state index in [9.17, 15) is 0 Å². The maximum atomic E-state index is 4.11. The fraction of sp³-hybridized carbons (Fsp3) is 0. The number of aromatic nitrogens is 3. The molecule has 0 atom stereocenters. The van der Waals surface area contributed by atoms with Crippen LogP contribution in [0.1, 0.15) is 0 Å². The van der Waals surface area contributed by atoms with Crippen LogP contribution in [0.15, 0.2) is 24.7 Å². The summed E-state index contributed by atoms with van der Waals surface area (Å²) in [6.07, 6.45) is 5.08. The van der Waals surface area contributed by atoms with Gasteiger partial charge in [-0.25, -0.2) is 9.97 Å². The summed E-state index contributed by atoms with van der Waals surface area (Å²) in [7, 11) is 0. The third kappa shape index (κ3) is 1.30. The second-order valence-electron chi connectivity index (χ2n) is 2.05. The summed E-state index contributed by atoms with van der Waals surface area (Å²) in [5.74, 6) is 0. The van der Waals surface area contributed by atoms with Crippen LogP contribution in [0.5, 0.6) is 0 Å². The second kappa shape index (κ2) is 2.69. The molecule has 0 bridgehead atoms. The third-order valence-electron chi connectivity index (χ3n) is 1.29. The van der Waals surface area contributed by atoms with E-state index in [1.807, 2.05) is 6.07 Å². The van der Waals surface area contributed by atoms with Gasteiger partial charge in [0, 0.05) is 22.2 Å². The van der Waals surface area contributed by atoms with Gasteiger partial charge in [-0.3, -0.25) is 4.98 Å². The molecule has 0 spiro atoms. The molecule has 4 heteroatoms. The van der Waals surface area contributed by atoms with Crippen LogP contribution in [0, 0.1) is 3.57 Å². The number of pyridine rings is 1. The molecule has 2 aromatic rings. The zero-order valence-corrected chi connectivity index (χ0v) is 7.69. The minimum Gasteiger partial charge on any atom is -0.251 e. The van der Waals surface area contributed by atoms with Gasteiger partial charge in [0.1, 0.15) is 5.52 Å². The Morgan fingerprint density at radius 3 is 2.82 bits per heavy atom. The molecular formula is C7H4IN3. The summed E-state index contributed by atoms with van der Waals surface area (Å²) in [4.78, 5) is 12.3. The van der Waals surface area contributed by atoms with Crippen molar-refractivity contribution in [3.63, 3.8) is 0 Å². The minimum atomic E-state index is 0.702. The largest absolute Gasteiger partial charge is 0.251 e. The fourth-order valence-electron chi connectivity index (χ4n) is 0.833. The molecule has 0 aliphatic heterocycles. The summed E-state index contributed by atoms with van der Waals surface area (Å²) < 4.78 is 1.08. The van der Waals surface area contributed by atoms with Crippen LogP contribution in [0.2, 0.25) is 0 Å². The molecule has 11 heavy (non-hydrogen) atoms. The summed E-state index contributed by atoms with van der Waals surface area (Å²) >= 11 is 2.20. The van der Waals surface area contributed by atoms with Gasteiger partial charge in [0.15, 0.2) is 5.65 Å². The van der Waals surface area contributed by atoms with E-state index in [0.717, 1.165) is 9.09 Å². The summed E-state index contributed by atoms with van der Waals surface area (Å²) in [6.45, 7) is 0. The molecule has 0 amide bonds. The van der Waals surface area contributed by atoms with Gasteiger partial charge in [-0.1, -0.05) is 0 Å². The minimum absolute atomic E-state index is 0.702. The number of rotatable bonds is 0. The van der Waals surface area contributed by atoms with Crippen molar-refractivity contribution in [3.05, 3.63) is 28.2 Å². The Morgan fingerprint density at radius 2 is 1.91 bits per heavy atom. The first-order valence-electron chi connectivity index (χ1n) is 3.08. The number of hydrogen-bond donors (Lipinski definition) is 0. The monoisotopic (exact) mass is 257 g/mol. The Hall–Kier alpha value is -0.780. The van der Waals surface area contributed by atoms with E-state index >= 15 is 0 Å². The van der Waals surface area contributed by atoms with E-state index in [-0.39, 0.29) is 0 Å². The quantitative estimate of drug-likeness (QED) is 0.673. The molecule has 0 N–H and O–H groups in total. The maximum absolute atomic E-state index is 4.11. The van der Waals surface area contributed by atoms with Crippen LogP contribution in [-0.2, 0) is 0 Å².